The Kier molecular flexibility index (Phi) is 3.71. The Morgan fingerprint density at radius 1 is 1.32 bits per heavy atom. The summed E-state index contributed by atoms with van der Waals surface area (Å²) in [5, 5.41) is -0.124. The number of hydrogen-bond acceptors (Lipinski definition) is 4. The zero-order chi connectivity index (χ0) is 14.0. The average molecular weight is 285 g/mol. The molecule has 0 fully saturated rings. The van der Waals surface area contributed by atoms with Gasteiger partial charge in [-0.25, -0.2) is 23.5 Å². The molecule has 1 heterocycles. The van der Waals surface area contributed by atoms with E-state index in [1.807, 2.05) is 0 Å². The standard InChI is InChI=1S/C12H7ClF2N2O2/c1-19-12(18)7-5-16-11(17-10(7)13)6-2-3-8(14)9(15)4-6/h2-5H,1H3. The molecule has 4 nitrogen and oxygen atoms in total. The van der Waals surface area contributed by atoms with Gasteiger partial charge in [0.25, 0.3) is 0 Å². The van der Waals surface area contributed by atoms with Crippen LogP contribution in [-0.4, -0.2) is 23.0 Å². The first kappa shape index (κ1) is 13.4. The highest BCUT2D eigenvalue weighted by Crippen LogP contribution is 2.21. The Balaban J connectivity index is 2.44. The van der Waals surface area contributed by atoms with Gasteiger partial charge in [-0.3, -0.25) is 0 Å². The molecule has 2 rings (SSSR count). The molecule has 0 aliphatic heterocycles. The molecule has 1 aromatic heterocycles. The molecule has 0 amide bonds. The molecule has 0 atom stereocenters. The SMILES string of the molecule is COC(=O)c1cnc(-c2ccc(F)c(F)c2)nc1Cl. The summed E-state index contributed by atoms with van der Waals surface area (Å²) in [5.74, 6) is -2.59. The van der Waals surface area contributed by atoms with Gasteiger partial charge >= 0.3 is 5.97 Å². The van der Waals surface area contributed by atoms with Crippen LogP contribution < -0.4 is 0 Å². The van der Waals surface area contributed by atoms with Crippen molar-refractivity contribution in [1.82, 2.24) is 9.97 Å². The van der Waals surface area contributed by atoms with Crippen LogP contribution in [0.1, 0.15) is 10.4 Å². The van der Waals surface area contributed by atoms with Crippen LogP contribution in [0.2, 0.25) is 5.15 Å². The van der Waals surface area contributed by atoms with Crippen LogP contribution in [0.4, 0.5) is 8.78 Å². The highest BCUT2D eigenvalue weighted by Gasteiger charge is 2.15. The largest absolute Gasteiger partial charge is 0.465 e. The maximum absolute atomic E-state index is 13.1. The summed E-state index contributed by atoms with van der Waals surface area (Å²) >= 11 is 5.80. The number of nitrogens with zero attached hydrogens (tertiary/aromatic N) is 2. The van der Waals surface area contributed by atoms with Gasteiger partial charge in [0.05, 0.1) is 7.11 Å². The maximum atomic E-state index is 13.1. The van der Waals surface area contributed by atoms with Crippen molar-refractivity contribution in [1.29, 1.82) is 0 Å². The minimum absolute atomic E-state index is 0.00417. The molecule has 0 aliphatic rings. The summed E-state index contributed by atoms with van der Waals surface area (Å²) in [6.07, 6.45) is 1.16. The number of aromatic nitrogens is 2. The lowest BCUT2D eigenvalue weighted by Gasteiger charge is -2.04. The van der Waals surface area contributed by atoms with Crippen LogP contribution in [0.25, 0.3) is 11.4 Å². The van der Waals surface area contributed by atoms with Crippen molar-refractivity contribution in [2.24, 2.45) is 0 Å². The molecule has 7 heteroatoms. The van der Waals surface area contributed by atoms with Crippen molar-refractivity contribution in [2.45, 2.75) is 0 Å². The van der Waals surface area contributed by atoms with E-state index in [-0.39, 0.29) is 22.1 Å². The second-order valence-corrected chi connectivity index (χ2v) is 3.88. The van der Waals surface area contributed by atoms with E-state index < -0.39 is 17.6 Å². The number of halogens is 3. The fourth-order valence-electron chi connectivity index (χ4n) is 1.38. The Morgan fingerprint density at radius 2 is 2.05 bits per heavy atom. The summed E-state index contributed by atoms with van der Waals surface area (Å²) in [6.45, 7) is 0. The molecule has 98 valence electrons. The second kappa shape index (κ2) is 5.27. The number of rotatable bonds is 2. The van der Waals surface area contributed by atoms with Crippen LogP contribution in [-0.2, 0) is 4.74 Å². The lowest BCUT2D eigenvalue weighted by atomic mass is 10.2. The van der Waals surface area contributed by atoms with Gasteiger partial charge in [-0.2, -0.15) is 0 Å². The number of carbonyl (C=O) groups excluding carboxylic acids is 1. The minimum atomic E-state index is -1.02. The van der Waals surface area contributed by atoms with Crippen LogP contribution >= 0.6 is 11.6 Å². The van der Waals surface area contributed by atoms with E-state index >= 15 is 0 Å². The molecule has 2 aromatic rings. The third kappa shape index (κ3) is 2.68. The number of benzene rings is 1. The normalized spacial score (nSPS) is 10.3. The van der Waals surface area contributed by atoms with Crippen molar-refractivity contribution in [3.8, 4) is 11.4 Å². The fourth-order valence-corrected chi connectivity index (χ4v) is 1.59. The third-order valence-electron chi connectivity index (χ3n) is 2.33. The van der Waals surface area contributed by atoms with Gasteiger partial charge in [0, 0.05) is 11.8 Å². The van der Waals surface area contributed by atoms with Crippen LogP contribution in [0.3, 0.4) is 0 Å². The van der Waals surface area contributed by atoms with Gasteiger partial charge in [-0.15, -0.1) is 0 Å². The van der Waals surface area contributed by atoms with Gasteiger partial charge < -0.3 is 4.74 Å². The van der Waals surface area contributed by atoms with Gasteiger partial charge in [-0.1, -0.05) is 11.6 Å². The number of esters is 1. The van der Waals surface area contributed by atoms with E-state index in [4.69, 9.17) is 11.6 Å². The monoisotopic (exact) mass is 284 g/mol. The second-order valence-electron chi connectivity index (χ2n) is 3.52. The van der Waals surface area contributed by atoms with E-state index in [0.29, 0.717) is 0 Å². The lowest BCUT2D eigenvalue weighted by molar-refractivity contribution is 0.0600. The predicted molar refractivity (Wildman–Crippen MR) is 63.7 cm³/mol. The number of hydrogen-bond donors (Lipinski definition) is 0. The van der Waals surface area contributed by atoms with Gasteiger partial charge in [0.2, 0.25) is 0 Å². The van der Waals surface area contributed by atoms with Crippen molar-refractivity contribution in [2.75, 3.05) is 7.11 Å². The van der Waals surface area contributed by atoms with Gasteiger partial charge in [-0.05, 0) is 18.2 Å². The molecule has 0 radical (unpaired) electrons. The Hall–Kier alpha value is -2.08. The number of carbonyl (C=O) groups is 1. The smallest absolute Gasteiger partial charge is 0.342 e. The summed E-state index contributed by atoms with van der Waals surface area (Å²) in [5.41, 5.74) is 0.243. The molecule has 19 heavy (non-hydrogen) atoms. The molecule has 0 bridgehead atoms. The lowest BCUT2D eigenvalue weighted by Crippen LogP contribution is -2.05. The summed E-state index contributed by atoms with van der Waals surface area (Å²) in [7, 11) is 1.20. The molecular formula is C12H7ClF2N2O2. The first-order valence-electron chi connectivity index (χ1n) is 5.09. The zero-order valence-electron chi connectivity index (χ0n) is 9.65. The molecule has 0 aliphatic carbocycles. The van der Waals surface area contributed by atoms with E-state index in [2.05, 4.69) is 14.7 Å². The van der Waals surface area contributed by atoms with Gasteiger partial charge in [0.1, 0.15) is 10.7 Å². The van der Waals surface area contributed by atoms with Crippen molar-refractivity contribution in [3.63, 3.8) is 0 Å². The topological polar surface area (TPSA) is 52.1 Å². The third-order valence-corrected chi connectivity index (χ3v) is 2.61. The molecular weight excluding hydrogens is 278 g/mol. The summed E-state index contributed by atoms with van der Waals surface area (Å²) < 4.78 is 30.4. The summed E-state index contributed by atoms with van der Waals surface area (Å²) in [6, 6.07) is 3.21. The first-order valence-corrected chi connectivity index (χ1v) is 5.47. The minimum Gasteiger partial charge on any atom is -0.465 e. The predicted octanol–water partition coefficient (Wildman–Crippen LogP) is 2.86. The summed E-state index contributed by atoms with van der Waals surface area (Å²) in [4.78, 5) is 19.0. The molecule has 0 N–H and O–H groups in total. The van der Waals surface area contributed by atoms with E-state index in [9.17, 15) is 13.6 Å². The van der Waals surface area contributed by atoms with E-state index in [1.165, 1.54) is 13.2 Å². The maximum Gasteiger partial charge on any atom is 0.342 e. The highest BCUT2D eigenvalue weighted by molar-refractivity contribution is 6.32. The zero-order valence-corrected chi connectivity index (χ0v) is 10.4. The van der Waals surface area contributed by atoms with E-state index in [0.717, 1.165) is 18.3 Å². The molecule has 0 spiro atoms. The Morgan fingerprint density at radius 3 is 2.63 bits per heavy atom. The number of methoxy groups -OCH3 is 1. The van der Waals surface area contributed by atoms with Crippen LogP contribution in [0.5, 0.6) is 0 Å². The fraction of sp³-hybridized carbons (Fsp3) is 0.0833. The van der Waals surface area contributed by atoms with E-state index in [1.54, 1.807) is 0 Å². The molecule has 0 saturated heterocycles. The Bertz CT molecular complexity index is 650. The van der Waals surface area contributed by atoms with Crippen LogP contribution in [0, 0.1) is 11.6 Å². The highest BCUT2D eigenvalue weighted by atomic mass is 35.5. The first-order chi connectivity index (χ1) is 9.02. The quantitative estimate of drug-likeness (QED) is 0.628. The van der Waals surface area contributed by atoms with Gasteiger partial charge in [0.15, 0.2) is 17.5 Å². The number of ether oxygens (including phenoxy) is 1. The molecule has 0 saturated carbocycles. The average Bonchev–Trinajstić information content (AvgIpc) is 2.41. The molecule has 0 unspecified atom stereocenters. The van der Waals surface area contributed by atoms with Crippen LogP contribution in [0.15, 0.2) is 24.4 Å². The van der Waals surface area contributed by atoms with Crippen molar-refractivity contribution < 1.29 is 18.3 Å². The van der Waals surface area contributed by atoms with Crippen molar-refractivity contribution >= 4 is 17.6 Å². The van der Waals surface area contributed by atoms with Crippen molar-refractivity contribution in [3.05, 3.63) is 46.7 Å². The Labute approximate surface area is 112 Å². The molecule has 1 aromatic carbocycles.